The van der Waals surface area contributed by atoms with E-state index < -0.39 is 11.8 Å². The smallest absolute Gasteiger partial charge is 0.270 e. The molecule has 150 valence electrons. The molecule has 2 amide bonds. The van der Waals surface area contributed by atoms with Gasteiger partial charge < -0.3 is 9.30 Å². The van der Waals surface area contributed by atoms with Gasteiger partial charge in [-0.15, -0.1) is 0 Å². The first kappa shape index (κ1) is 20.1. The summed E-state index contributed by atoms with van der Waals surface area (Å²) in [4.78, 5) is 27.0. The van der Waals surface area contributed by atoms with E-state index in [0.717, 1.165) is 15.9 Å². The van der Waals surface area contributed by atoms with Crippen LogP contribution in [0.5, 0.6) is 5.75 Å². The highest BCUT2D eigenvalue weighted by molar-refractivity contribution is 9.10. The number of nitrogens with one attached hydrogen (secondary N) is 1. The highest BCUT2D eigenvalue weighted by atomic mass is 79.9. The van der Waals surface area contributed by atoms with Gasteiger partial charge in [0, 0.05) is 22.1 Å². The molecule has 3 aromatic rings. The summed E-state index contributed by atoms with van der Waals surface area (Å²) < 4.78 is 7.95. The summed E-state index contributed by atoms with van der Waals surface area (Å²) in [6, 6.07) is 18.3. The van der Waals surface area contributed by atoms with Gasteiger partial charge in [0.25, 0.3) is 11.8 Å². The quantitative estimate of drug-likeness (QED) is 0.346. The lowest BCUT2D eigenvalue weighted by atomic mass is 10.1. The van der Waals surface area contributed by atoms with Crippen LogP contribution in [0.4, 0.5) is 5.69 Å². The number of hydrogen-bond donors (Lipinski definition) is 1. The number of ether oxygens (including phenoxy) is 1. The lowest BCUT2D eigenvalue weighted by molar-refractivity contribution is -0.122. The summed E-state index contributed by atoms with van der Waals surface area (Å²) in [5, 5.41) is 2.65. The fourth-order valence-electron chi connectivity index (χ4n) is 3.12. The number of methoxy groups -OCH3 is 1. The van der Waals surface area contributed by atoms with Gasteiger partial charge in [-0.2, -0.15) is 0 Å². The molecule has 0 saturated carbocycles. The van der Waals surface area contributed by atoms with Gasteiger partial charge in [-0.1, -0.05) is 15.9 Å². The molecule has 8 heteroatoms. The molecule has 30 heavy (non-hydrogen) atoms. The topological polar surface area (TPSA) is 63.6 Å². The van der Waals surface area contributed by atoms with E-state index in [0.29, 0.717) is 11.4 Å². The van der Waals surface area contributed by atoms with Gasteiger partial charge in [0.15, 0.2) is 5.11 Å². The van der Waals surface area contributed by atoms with E-state index in [1.807, 2.05) is 47.2 Å². The fourth-order valence-corrected chi connectivity index (χ4v) is 3.67. The summed E-state index contributed by atoms with van der Waals surface area (Å²) in [6.07, 6.45) is 3.42. The maximum absolute atomic E-state index is 13.2. The number of nitrogens with zero attached hydrogens (tertiary/aromatic N) is 2. The van der Waals surface area contributed by atoms with Gasteiger partial charge >= 0.3 is 0 Å². The minimum atomic E-state index is -0.527. The van der Waals surface area contributed by atoms with Crippen molar-refractivity contribution in [3.63, 3.8) is 0 Å². The number of aromatic nitrogens is 1. The number of carbonyl (C=O) groups excluding carboxylic acids is 2. The highest BCUT2D eigenvalue weighted by Gasteiger charge is 2.34. The van der Waals surface area contributed by atoms with Gasteiger partial charge in [0.1, 0.15) is 11.3 Å². The van der Waals surface area contributed by atoms with Crippen LogP contribution in [0.25, 0.3) is 11.8 Å². The Balaban J connectivity index is 1.71. The van der Waals surface area contributed by atoms with Crippen LogP contribution < -0.4 is 15.0 Å². The average molecular weight is 482 g/mol. The number of amides is 2. The van der Waals surface area contributed by atoms with Crippen molar-refractivity contribution in [2.24, 2.45) is 0 Å². The third-order valence-corrected chi connectivity index (χ3v) is 5.42. The first-order valence-corrected chi connectivity index (χ1v) is 10.2. The number of halogens is 1. The number of carbonyl (C=O) groups is 2. The van der Waals surface area contributed by atoms with E-state index >= 15 is 0 Å². The molecule has 0 unspecified atom stereocenters. The van der Waals surface area contributed by atoms with Crippen LogP contribution in [0.3, 0.4) is 0 Å². The lowest BCUT2D eigenvalue weighted by Gasteiger charge is -2.29. The Morgan fingerprint density at radius 1 is 1.00 bits per heavy atom. The van der Waals surface area contributed by atoms with Crippen LogP contribution in [0.2, 0.25) is 0 Å². The molecule has 0 aliphatic carbocycles. The molecule has 2 heterocycles. The normalized spacial score (nSPS) is 15.5. The Kier molecular flexibility index (Phi) is 5.52. The summed E-state index contributed by atoms with van der Waals surface area (Å²) in [5.41, 5.74) is 2.13. The summed E-state index contributed by atoms with van der Waals surface area (Å²) >= 11 is 8.61. The second-order valence-corrected chi connectivity index (χ2v) is 7.74. The zero-order valence-electron chi connectivity index (χ0n) is 15.8. The second kappa shape index (κ2) is 8.25. The number of thiocarbonyl (C=S) groups is 1. The van der Waals surface area contributed by atoms with E-state index in [1.165, 1.54) is 4.90 Å². The van der Waals surface area contributed by atoms with Crippen LogP contribution in [0.15, 0.2) is 76.9 Å². The molecule has 1 aliphatic rings. The molecule has 6 nitrogen and oxygen atoms in total. The summed E-state index contributed by atoms with van der Waals surface area (Å²) in [6.45, 7) is 0. The van der Waals surface area contributed by atoms with Gasteiger partial charge in [0.05, 0.1) is 12.8 Å². The molecule has 0 radical (unpaired) electrons. The van der Waals surface area contributed by atoms with E-state index in [2.05, 4.69) is 21.2 Å². The van der Waals surface area contributed by atoms with Crippen molar-refractivity contribution in [3.8, 4) is 11.4 Å². The van der Waals surface area contributed by atoms with Crippen LogP contribution in [-0.2, 0) is 9.59 Å². The molecule has 4 rings (SSSR count). The number of rotatable bonds is 4. The molecule has 1 saturated heterocycles. The Morgan fingerprint density at radius 3 is 2.33 bits per heavy atom. The Bertz CT molecular complexity index is 1170. The van der Waals surface area contributed by atoms with E-state index in [1.54, 1.807) is 37.5 Å². The third-order valence-electron chi connectivity index (χ3n) is 4.61. The van der Waals surface area contributed by atoms with Crippen molar-refractivity contribution in [2.45, 2.75) is 0 Å². The third kappa shape index (κ3) is 3.79. The Labute approximate surface area is 186 Å². The minimum Gasteiger partial charge on any atom is -0.497 e. The molecule has 0 bridgehead atoms. The van der Waals surface area contributed by atoms with Crippen LogP contribution >= 0.6 is 28.1 Å². The van der Waals surface area contributed by atoms with Gasteiger partial charge in [-0.3, -0.25) is 19.8 Å². The van der Waals surface area contributed by atoms with Crippen molar-refractivity contribution in [3.05, 3.63) is 82.6 Å². The van der Waals surface area contributed by atoms with Gasteiger partial charge in [-0.25, -0.2) is 0 Å². The number of hydrogen-bond acceptors (Lipinski definition) is 4. The maximum atomic E-state index is 13.2. The van der Waals surface area contributed by atoms with E-state index in [4.69, 9.17) is 17.0 Å². The summed E-state index contributed by atoms with van der Waals surface area (Å²) in [5.74, 6) is -0.263. The zero-order chi connectivity index (χ0) is 21.3. The molecule has 0 atom stereocenters. The first-order chi connectivity index (χ1) is 14.5. The SMILES string of the molecule is COc1ccc(-n2cccc2/C=C2\C(=O)NC(=S)N(c3ccc(Br)cc3)C2=O)cc1. The van der Waals surface area contributed by atoms with Crippen LogP contribution in [0.1, 0.15) is 5.69 Å². The molecule has 2 aromatic carbocycles. The Morgan fingerprint density at radius 2 is 1.67 bits per heavy atom. The molecule has 1 aliphatic heterocycles. The van der Waals surface area contributed by atoms with Gasteiger partial charge in [-0.05, 0) is 79.0 Å². The average Bonchev–Trinajstić information content (AvgIpc) is 3.20. The molecule has 0 spiro atoms. The first-order valence-electron chi connectivity index (χ1n) is 8.97. The van der Waals surface area contributed by atoms with Gasteiger partial charge in [0.2, 0.25) is 0 Å². The fraction of sp³-hybridized carbons (Fsp3) is 0.0455. The molecular weight excluding hydrogens is 466 g/mol. The van der Waals surface area contributed by atoms with Crippen molar-refractivity contribution in [2.75, 3.05) is 12.0 Å². The van der Waals surface area contributed by atoms with Crippen molar-refractivity contribution >= 4 is 56.8 Å². The zero-order valence-corrected chi connectivity index (χ0v) is 18.2. The van der Waals surface area contributed by atoms with Crippen molar-refractivity contribution < 1.29 is 14.3 Å². The number of anilines is 1. The summed E-state index contributed by atoms with van der Waals surface area (Å²) in [7, 11) is 1.61. The molecular formula is C22H16BrN3O3S. The second-order valence-electron chi connectivity index (χ2n) is 6.44. The van der Waals surface area contributed by atoms with Crippen LogP contribution in [0, 0.1) is 0 Å². The van der Waals surface area contributed by atoms with Crippen LogP contribution in [-0.4, -0.2) is 28.6 Å². The molecule has 1 aromatic heterocycles. The maximum Gasteiger partial charge on any atom is 0.270 e. The number of benzene rings is 2. The van der Waals surface area contributed by atoms with E-state index in [9.17, 15) is 9.59 Å². The molecule has 1 N–H and O–H groups in total. The van der Waals surface area contributed by atoms with E-state index in [-0.39, 0.29) is 10.7 Å². The predicted octanol–water partition coefficient (Wildman–Crippen LogP) is 4.08. The highest BCUT2D eigenvalue weighted by Crippen LogP contribution is 2.25. The predicted molar refractivity (Wildman–Crippen MR) is 123 cm³/mol. The van der Waals surface area contributed by atoms with Crippen molar-refractivity contribution in [1.29, 1.82) is 0 Å². The molecule has 1 fully saturated rings. The standard InChI is InChI=1S/C22H16BrN3O3S/c1-29-18-10-8-15(9-11-18)25-12-2-3-17(25)13-19-20(27)24-22(30)26(21(19)28)16-6-4-14(23)5-7-16/h2-13H,1H3,(H,24,27,30)/b19-13+. The minimum absolute atomic E-state index is 0.0000181. The monoisotopic (exact) mass is 481 g/mol. The lowest BCUT2D eigenvalue weighted by Crippen LogP contribution is -2.54. The van der Waals surface area contributed by atoms with Crippen molar-refractivity contribution in [1.82, 2.24) is 9.88 Å². The Hall–Kier alpha value is -3.23. The largest absolute Gasteiger partial charge is 0.497 e.